The highest BCUT2D eigenvalue weighted by molar-refractivity contribution is 7.16. The van der Waals surface area contributed by atoms with Crippen LogP contribution in [0, 0.1) is 13.8 Å². The van der Waals surface area contributed by atoms with Crippen LogP contribution in [-0.2, 0) is 13.0 Å². The number of rotatable bonds is 7. The number of aliphatic hydroxyl groups is 1. The normalized spacial score (nSPS) is 12.2. The summed E-state index contributed by atoms with van der Waals surface area (Å²) in [6.07, 6.45) is 1.51. The number of carbonyl (C=O) groups is 1. The van der Waals surface area contributed by atoms with Crippen molar-refractivity contribution in [3.63, 3.8) is 0 Å². The number of alkyl halides is 2. The van der Waals surface area contributed by atoms with Crippen LogP contribution in [0.2, 0.25) is 0 Å². The zero-order chi connectivity index (χ0) is 27.3. The Hall–Kier alpha value is -3.57. The van der Waals surface area contributed by atoms with Gasteiger partial charge in [0, 0.05) is 48.6 Å². The van der Waals surface area contributed by atoms with Gasteiger partial charge in [-0.05, 0) is 52.3 Å². The minimum absolute atomic E-state index is 0.0853. The van der Waals surface area contributed by atoms with Gasteiger partial charge in [-0.15, -0.1) is 11.3 Å². The van der Waals surface area contributed by atoms with Crippen LogP contribution in [0.3, 0.4) is 0 Å². The first-order chi connectivity index (χ1) is 17.2. The molecule has 0 aliphatic rings. The van der Waals surface area contributed by atoms with Crippen LogP contribution in [0.15, 0.2) is 35.3 Å². The third kappa shape index (κ3) is 4.88. The number of thiophene rings is 1. The second-order valence-corrected chi connectivity index (χ2v) is 10.5. The quantitative estimate of drug-likeness (QED) is 0.311. The van der Waals surface area contributed by atoms with E-state index in [1.54, 1.807) is 19.9 Å². The van der Waals surface area contributed by atoms with Gasteiger partial charge in [-0.2, -0.15) is 8.78 Å². The SMILES string of the molecule is CCNC(=O)c1cc2c(-c3sc(C(F)(F)C(C)(C)O)cc3Oc3cc(C)cc(C)n3)cn(C)c(=O)c2[nH]1. The maximum absolute atomic E-state index is 15.3. The van der Waals surface area contributed by atoms with E-state index in [1.807, 2.05) is 13.0 Å². The van der Waals surface area contributed by atoms with Crippen molar-refractivity contribution < 1.29 is 23.4 Å². The Bertz CT molecular complexity index is 1540. The van der Waals surface area contributed by atoms with Crippen molar-refractivity contribution >= 4 is 28.1 Å². The van der Waals surface area contributed by atoms with Gasteiger partial charge in [0.15, 0.2) is 0 Å². The topological polar surface area (TPSA) is 109 Å². The molecule has 4 aromatic rings. The number of carbonyl (C=O) groups excluding carboxylic acids is 1. The molecule has 0 saturated heterocycles. The molecule has 0 radical (unpaired) electrons. The molecule has 0 atom stereocenters. The third-order valence-electron chi connectivity index (χ3n) is 5.86. The van der Waals surface area contributed by atoms with E-state index in [1.165, 1.54) is 29.9 Å². The van der Waals surface area contributed by atoms with Crippen LogP contribution < -0.4 is 15.6 Å². The van der Waals surface area contributed by atoms with Gasteiger partial charge in [0.2, 0.25) is 5.88 Å². The Morgan fingerprint density at radius 3 is 2.57 bits per heavy atom. The molecule has 0 spiro atoms. The number of aromatic nitrogens is 3. The molecule has 8 nitrogen and oxygen atoms in total. The molecule has 0 aromatic carbocycles. The van der Waals surface area contributed by atoms with Crippen molar-refractivity contribution in [2.45, 2.75) is 46.1 Å². The van der Waals surface area contributed by atoms with Gasteiger partial charge in [-0.25, -0.2) is 4.98 Å². The summed E-state index contributed by atoms with van der Waals surface area (Å²) in [5.41, 5.74) is -0.432. The second kappa shape index (κ2) is 9.38. The van der Waals surface area contributed by atoms with Crippen molar-refractivity contribution in [2.24, 2.45) is 7.05 Å². The van der Waals surface area contributed by atoms with Crippen molar-refractivity contribution in [2.75, 3.05) is 6.54 Å². The molecular weight excluding hydrogens is 502 g/mol. The Labute approximate surface area is 215 Å². The molecule has 0 aliphatic heterocycles. The summed E-state index contributed by atoms with van der Waals surface area (Å²) in [5.74, 6) is -3.70. The van der Waals surface area contributed by atoms with Gasteiger partial charge < -0.3 is 24.7 Å². The molecule has 4 rings (SSSR count). The smallest absolute Gasteiger partial charge is 0.309 e. The maximum Gasteiger partial charge on any atom is 0.309 e. The standard InChI is InChI=1S/C26H28F2N4O4S/c1-7-29-23(33)17-10-15-16(12-32(6)24(34)21(15)31-17)22-18(36-20-9-13(2)8-14(3)30-20)11-19(37-22)26(27,28)25(4,5)35/h8-12,31,35H,7H2,1-6H3,(H,29,33). The number of halogens is 2. The number of amides is 1. The molecule has 4 aromatic heterocycles. The lowest BCUT2D eigenvalue weighted by atomic mass is 9.99. The summed E-state index contributed by atoms with van der Waals surface area (Å²) >= 11 is 0.739. The molecule has 3 N–H and O–H groups in total. The highest BCUT2D eigenvalue weighted by Crippen LogP contribution is 2.50. The molecule has 37 heavy (non-hydrogen) atoms. The summed E-state index contributed by atoms with van der Waals surface area (Å²) in [5, 5.41) is 13.3. The summed E-state index contributed by atoms with van der Waals surface area (Å²) < 4.78 is 37.9. The average Bonchev–Trinajstić information content (AvgIpc) is 3.41. The zero-order valence-corrected chi connectivity index (χ0v) is 22.1. The Balaban J connectivity index is 1.98. The average molecular weight is 531 g/mol. The third-order valence-corrected chi connectivity index (χ3v) is 7.08. The molecule has 0 saturated carbocycles. The van der Waals surface area contributed by atoms with E-state index >= 15 is 8.78 Å². The fourth-order valence-electron chi connectivity index (χ4n) is 3.96. The number of aromatic amines is 1. The summed E-state index contributed by atoms with van der Waals surface area (Å²) in [4.78, 5) is 32.4. The second-order valence-electron chi connectivity index (χ2n) is 9.45. The first-order valence-corrected chi connectivity index (χ1v) is 12.4. The summed E-state index contributed by atoms with van der Waals surface area (Å²) in [6.45, 7) is 7.89. The molecule has 0 aliphatic carbocycles. The minimum Gasteiger partial charge on any atom is -0.437 e. The van der Waals surface area contributed by atoms with Gasteiger partial charge in [-0.1, -0.05) is 0 Å². The highest BCUT2D eigenvalue weighted by Gasteiger charge is 2.49. The molecule has 0 unspecified atom stereocenters. The molecule has 11 heteroatoms. The van der Waals surface area contributed by atoms with E-state index in [9.17, 15) is 14.7 Å². The van der Waals surface area contributed by atoms with E-state index in [2.05, 4.69) is 15.3 Å². The van der Waals surface area contributed by atoms with Crippen LogP contribution in [0.25, 0.3) is 21.3 Å². The number of aryl methyl sites for hydroxylation is 3. The number of nitrogens with one attached hydrogen (secondary N) is 2. The number of H-pyrrole nitrogens is 1. The molecular formula is C26H28F2N4O4S. The number of hydrogen-bond donors (Lipinski definition) is 3. The van der Waals surface area contributed by atoms with Crippen LogP contribution in [0.1, 0.15) is 47.4 Å². The fourth-order valence-corrected chi connectivity index (χ4v) is 5.19. The number of fused-ring (bicyclic) bond motifs is 1. The number of pyridine rings is 2. The van der Waals surface area contributed by atoms with Crippen LogP contribution in [-0.4, -0.2) is 37.7 Å². The van der Waals surface area contributed by atoms with E-state index in [0.29, 0.717) is 28.1 Å². The van der Waals surface area contributed by atoms with Crippen LogP contribution in [0.4, 0.5) is 8.78 Å². The lowest BCUT2D eigenvalue weighted by molar-refractivity contribution is -0.166. The monoisotopic (exact) mass is 530 g/mol. The molecule has 1 amide bonds. The van der Waals surface area contributed by atoms with Crippen molar-refractivity contribution in [3.05, 3.63) is 62.6 Å². The van der Waals surface area contributed by atoms with Gasteiger partial charge >= 0.3 is 5.92 Å². The molecule has 196 valence electrons. The van der Waals surface area contributed by atoms with Crippen LogP contribution in [0.5, 0.6) is 11.6 Å². The lowest BCUT2D eigenvalue weighted by Gasteiger charge is -2.27. The van der Waals surface area contributed by atoms with E-state index in [0.717, 1.165) is 30.7 Å². The van der Waals surface area contributed by atoms with Gasteiger partial charge in [0.1, 0.15) is 22.6 Å². The van der Waals surface area contributed by atoms with Gasteiger partial charge in [-0.3, -0.25) is 9.59 Å². The molecule has 0 fully saturated rings. The Morgan fingerprint density at radius 1 is 1.24 bits per heavy atom. The van der Waals surface area contributed by atoms with Crippen molar-refractivity contribution in [1.82, 2.24) is 19.9 Å². The van der Waals surface area contributed by atoms with Gasteiger partial charge in [0.05, 0.1) is 9.75 Å². The van der Waals surface area contributed by atoms with E-state index in [4.69, 9.17) is 4.74 Å². The van der Waals surface area contributed by atoms with E-state index in [-0.39, 0.29) is 28.4 Å². The highest BCUT2D eigenvalue weighted by atomic mass is 32.1. The number of hydrogen-bond acceptors (Lipinski definition) is 6. The van der Waals surface area contributed by atoms with Crippen molar-refractivity contribution in [1.29, 1.82) is 0 Å². The Morgan fingerprint density at radius 2 is 1.95 bits per heavy atom. The number of nitrogens with zero attached hydrogens (tertiary/aromatic N) is 2. The predicted octanol–water partition coefficient (Wildman–Crippen LogP) is 5.01. The lowest BCUT2D eigenvalue weighted by Crippen LogP contribution is -2.39. The summed E-state index contributed by atoms with van der Waals surface area (Å²) in [6, 6.07) is 6.24. The largest absolute Gasteiger partial charge is 0.437 e. The Kier molecular flexibility index (Phi) is 6.72. The predicted molar refractivity (Wildman–Crippen MR) is 139 cm³/mol. The maximum atomic E-state index is 15.3. The van der Waals surface area contributed by atoms with Crippen molar-refractivity contribution in [3.8, 4) is 22.1 Å². The van der Waals surface area contributed by atoms with Crippen LogP contribution >= 0.6 is 11.3 Å². The first kappa shape index (κ1) is 26.5. The zero-order valence-electron chi connectivity index (χ0n) is 21.3. The number of ether oxygens (including phenoxy) is 1. The molecule has 4 heterocycles. The van der Waals surface area contributed by atoms with Gasteiger partial charge in [0.25, 0.3) is 11.5 Å². The summed E-state index contributed by atoms with van der Waals surface area (Å²) in [7, 11) is 1.53. The van der Waals surface area contributed by atoms with E-state index < -0.39 is 22.3 Å². The minimum atomic E-state index is -3.60. The first-order valence-electron chi connectivity index (χ1n) is 11.6. The molecule has 0 bridgehead atoms. The fraction of sp³-hybridized carbons (Fsp3) is 0.346.